The van der Waals surface area contributed by atoms with Crippen LogP contribution in [-0.4, -0.2) is 18.5 Å². The van der Waals surface area contributed by atoms with Gasteiger partial charge in [-0.05, 0) is 36.4 Å². The van der Waals surface area contributed by atoms with Crippen molar-refractivity contribution in [2.24, 2.45) is 0 Å². The van der Waals surface area contributed by atoms with Gasteiger partial charge >= 0.3 is 5.97 Å². The summed E-state index contributed by atoms with van der Waals surface area (Å²) in [5, 5.41) is 2.35. The number of carbonyl (C=O) groups excluding carboxylic acids is 2. The molecule has 0 atom stereocenters. The van der Waals surface area contributed by atoms with Crippen molar-refractivity contribution in [3.8, 4) is 0 Å². The third-order valence-electron chi connectivity index (χ3n) is 2.69. The van der Waals surface area contributed by atoms with Gasteiger partial charge in [-0.1, -0.05) is 23.2 Å². The van der Waals surface area contributed by atoms with E-state index in [1.54, 1.807) is 0 Å². The summed E-state index contributed by atoms with van der Waals surface area (Å²) in [6, 6.07) is 6.95. The number of amides is 1. The number of hydrogen-bond donors (Lipinski definition) is 1. The van der Waals surface area contributed by atoms with Crippen LogP contribution in [0.3, 0.4) is 0 Å². The maximum atomic E-state index is 13.5. The zero-order valence-electron chi connectivity index (χ0n) is 11.4. The van der Waals surface area contributed by atoms with Gasteiger partial charge < -0.3 is 10.1 Å². The molecule has 2 rings (SSSR count). The quantitative estimate of drug-likeness (QED) is 0.837. The predicted molar refractivity (Wildman–Crippen MR) is 81.7 cm³/mol. The number of benzene rings is 2. The molecule has 0 bridgehead atoms. The fourth-order valence-electron chi connectivity index (χ4n) is 1.63. The third-order valence-corrected chi connectivity index (χ3v) is 3.21. The molecule has 23 heavy (non-hydrogen) atoms. The van der Waals surface area contributed by atoms with Crippen LogP contribution in [0.1, 0.15) is 10.4 Å². The summed E-state index contributed by atoms with van der Waals surface area (Å²) in [5.74, 6) is -3.17. The van der Waals surface area contributed by atoms with Gasteiger partial charge in [0.05, 0.1) is 10.6 Å². The molecule has 0 aliphatic heterocycles. The van der Waals surface area contributed by atoms with E-state index in [0.717, 1.165) is 18.2 Å². The average molecular weight is 360 g/mol. The van der Waals surface area contributed by atoms with Crippen molar-refractivity contribution in [3.63, 3.8) is 0 Å². The molecule has 0 fully saturated rings. The fraction of sp³-hybridized carbons (Fsp3) is 0.0667. The molecule has 2 aromatic carbocycles. The number of rotatable bonds is 4. The second-order valence-electron chi connectivity index (χ2n) is 4.38. The summed E-state index contributed by atoms with van der Waals surface area (Å²) in [6.45, 7) is -0.653. The van der Waals surface area contributed by atoms with Crippen LogP contribution in [0.25, 0.3) is 0 Å². The smallest absolute Gasteiger partial charge is 0.341 e. The lowest BCUT2D eigenvalue weighted by Gasteiger charge is -2.08. The van der Waals surface area contributed by atoms with Crippen molar-refractivity contribution in [3.05, 3.63) is 63.6 Å². The summed E-state index contributed by atoms with van der Waals surface area (Å²) in [5.41, 5.74) is -0.151. The molecular formula is C15H9Cl2F2NO3. The van der Waals surface area contributed by atoms with Crippen molar-refractivity contribution in [1.29, 1.82) is 0 Å². The minimum absolute atomic E-state index is 0.156. The Bertz CT molecular complexity index is 768. The Morgan fingerprint density at radius 1 is 1.04 bits per heavy atom. The lowest BCUT2D eigenvalue weighted by molar-refractivity contribution is -0.119. The van der Waals surface area contributed by atoms with Crippen molar-refractivity contribution in [2.45, 2.75) is 0 Å². The zero-order valence-corrected chi connectivity index (χ0v) is 12.9. The molecule has 0 radical (unpaired) electrons. The highest BCUT2D eigenvalue weighted by molar-refractivity contribution is 6.31. The first-order chi connectivity index (χ1) is 10.9. The van der Waals surface area contributed by atoms with Crippen molar-refractivity contribution in [1.82, 2.24) is 0 Å². The van der Waals surface area contributed by atoms with Gasteiger partial charge in [-0.2, -0.15) is 0 Å². The van der Waals surface area contributed by atoms with E-state index in [0.29, 0.717) is 0 Å². The lowest BCUT2D eigenvalue weighted by atomic mass is 10.2. The molecular weight excluding hydrogens is 351 g/mol. The SMILES string of the molecule is O=C(COC(=O)c1cc(Cl)ccc1F)Nc1ccc(F)c(Cl)c1. The predicted octanol–water partition coefficient (Wildman–Crippen LogP) is 4.07. The Morgan fingerprint density at radius 3 is 2.43 bits per heavy atom. The summed E-state index contributed by atoms with van der Waals surface area (Å²) < 4.78 is 31.1. The molecule has 0 aromatic heterocycles. The number of esters is 1. The van der Waals surface area contributed by atoms with E-state index in [1.165, 1.54) is 18.2 Å². The maximum Gasteiger partial charge on any atom is 0.341 e. The first-order valence-electron chi connectivity index (χ1n) is 6.24. The Hall–Kier alpha value is -2.18. The van der Waals surface area contributed by atoms with Gasteiger partial charge in [0, 0.05) is 10.7 Å². The molecule has 4 nitrogen and oxygen atoms in total. The topological polar surface area (TPSA) is 55.4 Å². The molecule has 0 heterocycles. The van der Waals surface area contributed by atoms with Crippen molar-refractivity contribution < 1.29 is 23.1 Å². The van der Waals surface area contributed by atoms with E-state index >= 15 is 0 Å². The van der Waals surface area contributed by atoms with Crippen LogP contribution in [0.5, 0.6) is 0 Å². The van der Waals surface area contributed by atoms with Gasteiger partial charge in [-0.3, -0.25) is 4.79 Å². The van der Waals surface area contributed by atoms with E-state index in [4.69, 9.17) is 27.9 Å². The molecule has 1 N–H and O–H groups in total. The molecule has 0 aliphatic carbocycles. The van der Waals surface area contributed by atoms with Crippen LogP contribution < -0.4 is 5.32 Å². The van der Waals surface area contributed by atoms with Crippen LogP contribution in [0, 0.1) is 11.6 Å². The van der Waals surface area contributed by atoms with E-state index in [2.05, 4.69) is 5.32 Å². The highest BCUT2D eigenvalue weighted by atomic mass is 35.5. The summed E-state index contributed by atoms with van der Waals surface area (Å²) in [4.78, 5) is 23.4. The number of ether oxygens (including phenoxy) is 1. The first kappa shape index (κ1) is 17.2. The third kappa shape index (κ3) is 4.64. The second kappa shape index (κ2) is 7.39. The number of halogens is 4. The lowest BCUT2D eigenvalue weighted by Crippen LogP contribution is -2.21. The second-order valence-corrected chi connectivity index (χ2v) is 5.22. The highest BCUT2D eigenvalue weighted by Gasteiger charge is 2.15. The fourth-order valence-corrected chi connectivity index (χ4v) is 1.99. The molecule has 120 valence electrons. The van der Waals surface area contributed by atoms with Gasteiger partial charge in [0.1, 0.15) is 11.6 Å². The van der Waals surface area contributed by atoms with E-state index in [1.807, 2.05) is 0 Å². The highest BCUT2D eigenvalue weighted by Crippen LogP contribution is 2.19. The number of anilines is 1. The van der Waals surface area contributed by atoms with Crippen molar-refractivity contribution in [2.75, 3.05) is 11.9 Å². The minimum atomic E-state index is -1.03. The largest absolute Gasteiger partial charge is 0.452 e. The van der Waals surface area contributed by atoms with Gasteiger partial charge in [-0.15, -0.1) is 0 Å². The van der Waals surface area contributed by atoms with Gasteiger partial charge in [0.25, 0.3) is 5.91 Å². The van der Waals surface area contributed by atoms with Crippen molar-refractivity contribution >= 4 is 40.8 Å². The first-order valence-corrected chi connectivity index (χ1v) is 6.99. The number of hydrogen-bond acceptors (Lipinski definition) is 3. The summed E-state index contributed by atoms with van der Waals surface area (Å²) >= 11 is 11.2. The van der Waals surface area contributed by atoms with Crippen LogP contribution in [0.15, 0.2) is 36.4 Å². The Morgan fingerprint density at radius 2 is 1.74 bits per heavy atom. The summed E-state index contributed by atoms with van der Waals surface area (Å²) in [6.07, 6.45) is 0. The monoisotopic (exact) mass is 359 g/mol. The number of carbonyl (C=O) groups is 2. The average Bonchev–Trinajstić information content (AvgIpc) is 2.51. The molecule has 1 amide bonds. The normalized spacial score (nSPS) is 10.3. The molecule has 0 spiro atoms. The maximum absolute atomic E-state index is 13.5. The van der Waals surface area contributed by atoms with Gasteiger partial charge in [0.2, 0.25) is 0 Å². The van der Waals surface area contributed by atoms with Crippen LogP contribution >= 0.6 is 23.2 Å². The van der Waals surface area contributed by atoms with Crippen LogP contribution in [-0.2, 0) is 9.53 Å². The number of nitrogens with one attached hydrogen (secondary N) is 1. The molecule has 0 saturated heterocycles. The minimum Gasteiger partial charge on any atom is -0.452 e. The standard InChI is InChI=1S/C15H9Cl2F2NO3/c16-8-1-3-12(18)10(5-8)15(22)23-7-14(21)20-9-2-4-13(19)11(17)6-9/h1-6H,7H2,(H,20,21). The van der Waals surface area contributed by atoms with E-state index < -0.39 is 30.1 Å². The van der Waals surface area contributed by atoms with Gasteiger partial charge in [0.15, 0.2) is 6.61 Å². The Labute approximate surface area is 140 Å². The summed E-state index contributed by atoms with van der Waals surface area (Å²) in [7, 11) is 0. The zero-order chi connectivity index (χ0) is 17.0. The molecule has 0 saturated carbocycles. The molecule has 0 unspecified atom stereocenters. The van der Waals surface area contributed by atoms with E-state index in [9.17, 15) is 18.4 Å². The van der Waals surface area contributed by atoms with Gasteiger partial charge in [-0.25, -0.2) is 13.6 Å². The molecule has 8 heteroatoms. The molecule has 2 aromatic rings. The van der Waals surface area contributed by atoms with E-state index in [-0.39, 0.29) is 21.3 Å². The van der Waals surface area contributed by atoms with Crippen LogP contribution in [0.2, 0.25) is 10.0 Å². The molecule has 0 aliphatic rings. The van der Waals surface area contributed by atoms with Crippen LogP contribution in [0.4, 0.5) is 14.5 Å². The Balaban J connectivity index is 1.94. The Kier molecular flexibility index (Phi) is 5.52.